The molecule has 2 N–H and O–H groups in total. The molecule has 1 aliphatic carbocycles. The Morgan fingerprint density at radius 1 is 1.32 bits per heavy atom. The van der Waals surface area contributed by atoms with E-state index in [1.807, 2.05) is 6.92 Å². The summed E-state index contributed by atoms with van der Waals surface area (Å²) >= 11 is 0. The Morgan fingerprint density at radius 3 is 2.42 bits per heavy atom. The van der Waals surface area contributed by atoms with Gasteiger partial charge in [-0.05, 0) is 25.7 Å². The van der Waals surface area contributed by atoms with Crippen LogP contribution in [0.25, 0.3) is 0 Å². The summed E-state index contributed by atoms with van der Waals surface area (Å²) in [7, 11) is 0. The Morgan fingerprint density at radius 2 is 1.89 bits per heavy atom. The summed E-state index contributed by atoms with van der Waals surface area (Å²) in [6, 6.07) is 0.481. The summed E-state index contributed by atoms with van der Waals surface area (Å²) in [5.41, 5.74) is -0.621. The number of rotatable bonds is 5. The first-order valence-corrected chi connectivity index (χ1v) is 7.71. The molecule has 0 aromatic heterocycles. The van der Waals surface area contributed by atoms with Gasteiger partial charge in [-0.15, -0.1) is 0 Å². The molecule has 0 aromatic carbocycles. The fourth-order valence-electron chi connectivity index (χ4n) is 3.01. The second-order valence-corrected chi connectivity index (χ2v) is 6.43. The van der Waals surface area contributed by atoms with Gasteiger partial charge in [0.1, 0.15) is 0 Å². The van der Waals surface area contributed by atoms with Crippen molar-refractivity contribution in [1.82, 2.24) is 5.32 Å². The van der Waals surface area contributed by atoms with Crippen molar-refractivity contribution in [3.63, 3.8) is 0 Å². The van der Waals surface area contributed by atoms with Crippen molar-refractivity contribution in [1.29, 1.82) is 0 Å². The minimum absolute atomic E-state index is 0.280. The maximum Gasteiger partial charge on any atom is 0.168 e. The van der Waals surface area contributed by atoms with Gasteiger partial charge in [-0.25, -0.2) is 0 Å². The number of aliphatic hydroxyl groups is 1. The van der Waals surface area contributed by atoms with E-state index in [9.17, 15) is 5.11 Å². The van der Waals surface area contributed by atoms with E-state index in [4.69, 9.17) is 9.47 Å². The quantitative estimate of drug-likeness (QED) is 0.803. The van der Waals surface area contributed by atoms with Crippen LogP contribution in [0.3, 0.4) is 0 Å². The van der Waals surface area contributed by atoms with E-state index in [2.05, 4.69) is 19.2 Å². The Hall–Kier alpha value is -0.160. The van der Waals surface area contributed by atoms with Crippen molar-refractivity contribution in [2.45, 2.75) is 70.3 Å². The molecule has 1 aliphatic heterocycles. The highest BCUT2D eigenvalue weighted by Crippen LogP contribution is 2.35. The molecule has 1 saturated heterocycles. The third-order valence-electron chi connectivity index (χ3n) is 4.98. The first kappa shape index (κ1) is 15.2. The minimum atomic E-state index is -0.621. The van der Waals surface area contributed by atoms with E-state index >= 15 is 0 Å². The molecule has 0 unspecified atom stereocenters. The van der Waals surface area contributed by atoms with Gasteiger partial charge in [0.25, 0.3) is 0 Å². The van der Waals surface area contributed by atoms with E-state index in [1.165, 1.54) is 0 Å². The molecular weight excluding hydrogens is 242 g/mol. The average Bonchev–Trinajstić information content (AvgIpc) is 2.85. The van der Waals surface area contributed by atoms with Crippen LogP contribution in [0.2, 0.25) is 0 Å². The third-order valence-corrected chi connectivity index (χ3v) is 4.98. The fraction of sp³-hybridized carbons (Fsp3) is 1.00. The lowest BCUT2D eigenvalue weighted by molar-refractivity contribution is -0.179. The molecule has 4 heteroatoms. The van der Waals surface area contributed by atoms with Gasteiger partial charge in [0, 0.05) is 25.4 Å². The van der Waals surface area contributed by atoms with Crippen LogP contribution in [0.4, 0.5) is 0 Å². The molecule has 4 nitrogen and oxygen atoms in total. The smallest absolute Gasteiger partial charge is 0.168 e. The van der Waals surface area contributed by atoms with Crippen molar-refractivity contribution < 1.29 is 14.6 Å². The molecule has 19 heavy (non-hydrogen) atoms. The van der Waals surface area contributed by atoms with Gasteiger partial charge in [0.15, 0.2) is 5.79 Å². The predicted molar refractivity (Wildman–Crippen MR) is 75.0 cm³/mol. The Bertz CT molecular complexity index is 277. The number of ether oxygens (including phenoxy) is 2. The first-order chi connectivity index (χ1) is 8.97. The van der Waals surface area contributed by atoms with Crippen LogP contribution < -0.4 is 5.32 Å². The zero-order chi connectivity index (χ0) is 13.9. The van der Waals surface area contributed by atoms with Gasteiger partial charge in [-0.3, -0.25) is 0 Å². The van der Waals surface area contributed by atoms with Crippen LogP contribution in [0.15, 0.2) is 0 Å². The SMILES string of the molecule is CC[C@@H](C)[C@](C)(O)CNC1CCC2(CC1)OCCO2. The molecular formula is C15H29NO3. The van der Waals surface area contributed by atoms with Gasteiger partial charge in [-0.1, -0.05) is 20.3 Å². The molecule has 2 aliphatic rings. The summed E-state index contributed by atoms with van der Waals surface area (Å²) in [5.74, 6) is 0.0358. The zero-order valence-corrected chi connectivity index (χ0v) is 12.6. The van der Waals surface area contributed by atoms with Gasteiger partial charge in [-0.2, -0.15) is 0 Å². The normalized spacial score (nSPS) is 28.4. The van der Waals surface area contributed by atoms with Crippen LogP contribution in [0.5, 0.6) is 0 Å². The molecule has 1 saturated carbocycles. The van der Waals surface area contributed by atoms with E-state index in [0.717, 1.165) is 45.3 Å². The maximum atomic E-state index is 10.4. The lowest BCUT2D eigenvalue weighted by atomic mass is 9.86. The van der Waals surface area contributed by atoms with E-state index in [0.29, 0.717) is 18.5 Å². The molecule has 112 valence electrons. The molecule has 2 atom stereocenters. The standard InChI is InChI=1S/C15H29NO3/c1-4-12(2)14(3,17)11-16-13-5-7-15(8-6-13)18-9-10-19-15/h12-13,16-17H,4-11H2,1-3H3/t12-,14-/m1/s1. The number of hydrogen-bond donors (Lipinski definition) is 2. The lowest BCUT2D eigenvalue weighted by Gasteiger charge is -2.38. The van der Waals surface area contributed by atoms with Crippen LogP contribution in [-0.4, -0.2) is 42.3 Å². The molecule has 1 heterocycles. The van der Waals surface area contributed by atoms with Crippen molar-refractivity contribution in [2.24, 2.45) is 5.92 Å². The van der Waals surface area contributed by atoms with Gasteiger partial charge < -0.3 is 19.9 Å². The van der Waals surface area contributed by atoms with Crippen molar-refractivity contribution in [3.05, 3.63) is 0 Å². The molecule has 2 rings (SSSR count). The maximum absolute atomic E-state index is 10.4. The van der Waals surface area contributed by atoms with Gasteiger partial charge in [0.05, 0.1) is 18.8 Å². The monoisotopic (exact) mass is 271 g/mol. The van der Waals surface area contributed by atoms with Crippen molar-refractivity contribution in [3.8, 4) is 0 Å². The first-order valence-electron chi connectivity index (χ1n) is 7.71. The highest BCUT2D eigenvalue weighted by Gasteiger charge is 2.40. The number of hydrogen-bond acceptors (Lipinski definition) is 4. The second-order valence-electron chi connectivity index (χ2n) is 6.43. The fourth-order valence-corrected chi connectivity index (χ4v) is 3.01. The summed E-state index contributed by atoms with van der Waals surface area (Å²) in [4.78, 5) is 0. The van der Waals surface area contributed by atoms with E-state index in [-0.39, 0.29) is 5.79 Å². The summed E-state index contributed by atoms with van der Waals surface area (Å²) < 4.78 is 11.5. The van der Waals surface area contributed by atoms with Crippen molar-refractivity contribution in [2.75, 3.05) is 19.8 Å². The predicted octanol–water partition coefficient (Wildman–Crippen LogP) is 2.06. The summed E-state index contributed by atoms with van der Waals surface area (Å²) in [5, 5.41) is 13.9. The second kappa shape index (κ2) is 6.08. The molecule has 0 aromatic rings. The van der Waals surface area contributed by atoms with E-state index in [1.54, 1.807) is 0 Å². The Kier molecular flexibility index (Phi) is 4.88. The summed E-state index contributed by atoms with van der Waals surface area (Å²) in [6.07, 6.45) is 5.07. The zero-order valence-electron chi connectivity index (χ0n) is 12.6. The van der Waals surface area contributed by atoms with Crippen molar-refractivity contribution >= 4 is 0 Å². The van der Waals surface area contributed by atoms with Crippen LogP contribution in [-0.2, 0) is 9.47 Å². The van der Waals surface area contributed by atoms with Crippen LogP contribution in [0, 0.1) is 5.92 Å². The van der Waals surface area contributed by atoms with Crippen LogP contribution in [0.1, 0.15) is 52.9 Å². The Labute approximate surface area is 116 Å². The molecule has 0 bridgehead atoms. The molecule has 1 spiro atoms. The minimum Gasteiger partial charge on any atom is -0.389 e. The van der Waals surface area contributed by atoms with Gasteiger partial charge in [0.2, 0.25) is 0 Å². The molecule has 0 radical (unpaired) electrons. The lowest BCUT2D eigenvalue weighted by Crippen LogP contribution is -2.49. The highest BCUT2D eigenvalue weighted by atomic mass is 16.7. The number of nitrogens with one attached hydrogen (secondary N) is 1. The average molecular weight is 271 g/mol. The van der Waals surface area contributed by atoms with Crippen LogP contribution >= 0.6 is 0 Å². The molecule has 2 fully saturated rings. The summed E-state index contributed by atoms with van der Waals surface area (Å²) in [6.45, 7) is 8.31. The molecule has 0 amide bonds. The largest absolute Gasteiger partial charge is 0.389 e. The third kappa shape index (κ3) is 3.69. The van der Waals surface area contributed by atoms with Gasteiger partial charge >= 0.3 is 0 Å². The highest BCUT2D eigenvalue weighted by molar-refractivity contribution is 4.88. The Balaban J connectivity index is 1.74. The van der Waals surface area contributed by atoms with E-state index < -0.39 is 5.60 Å². The topological polar surface area (TPSA) is 50.7 Å².